The largest absolute Gasteiger partial charge is 0.271 e. The molecule has 0 aromatic heterocycles. The van der Waals surface area contributed by atoms with Crippen LogP contribution in [0.3, 0.4) is 0 Å². The van der Waals surface area contributed by atoms with Gasteiger partial charge in [-0.2, -0.15) is 0 Å². The fourth-order valence-corrected chi connectivity index (χ4v) is 5.89. The van der Waals surface area contributed by atoms with E-state index in [1.165, 1.54) is 22.9 Å². The molecule has 5 aromatic carbocycles. The van der Waals surface area contributed by atoms with Crippen LogP contribution in [0.15, 0.2) is 113 Å². The minimum atomic E-state index is -0.0554. The van der Waals surface area contributed by atoms with Gasteiger partial charge in [-0.05, 0) is 99.2 Å². The summed E-state index contributed by atoms with van der Waals surface area (Å²) in [5.41, 5.74) is 5.22. The highest BCUT2D eigenvalue weighted by atomic mass is 32.2. The van der Waals surface area contributed by atoms with Gasteiger partial charge < -0.3 is 0 Å². The van der Waals surface area contributed by atoms with E-state index in [4.69, 9.17) is 4.99 Å². The lowest BCUT2D eigenvalue weighted by Gasteiger charge is -2.16. The summed E-state index contributed by atoms with van der Waals surface area (Å²) in [6.45, 7) is 4.27. The number of amides is 1. The highest BCUT2D eigenvalue weighted by Crippen LogP contribution is 2.39. The van der Waals surface area contributed by atoms with E-state index in [2.05, 4.69) is 92.7 Å². The molecule has 3 nitrogen and oxygen atoms in total. The molecule has 0 spiro atoms. The van der Waals surface area contributed by atoms with Gasteiger partial charge in [0.15, 0.2) is 5.17 Å². The molecule has 1 aliphatic heterocycles. The van der Waals surface area contributed by atoms with Gasteiger partial charge >= 0.3 is 0 Å². The van der Waals surface area contributed by atoms with Crippen LogP contribution in [-0.2, 0) is 17.6 Å². The molecule has 0 saturated carbocycles. The van der Waals surface area contributed by atoms with Gasteiger partial charge in [0, 0.05) is 0 Å². The van der Waals surface area contributed by atoms with Gasteiger partial charge in [-0.1, -0.05) is 86.6 Å². The van der Waals surface area contributed by atoms with Crippen molar-refractivity contribution in [3.8, 4) is 0 Å². The van der Waals surface area contributed by atoms with Crippen molar-refractivity contribution in [1.29, 1.82) is 0 Å². The smallest absolute Gasteiger partial charge is 0.268 e. The number of hydrogen-bond acceptors (Lipinski definition) is 3. The molecule has 186 valence electrons. The Kier molecular flexibility index (Phi) is 6.57. The third kappa shape index (κ3) is 4.52. The van der Waals surface area contributed by atoms with Crippen molar-refractivity contribution in [3.63, 3.8) is 0 Å². The van der Waals surface area contributed by atoms with Crippen molar-refractivity contribution in [2.24, 2.45) is 4.99 Å². The number of aliphatic imine (C=N–C) groups is 1. The fraction of sp³-hybridized carbons (Fsp3) is 0.118. The Morgan fingerprint density at radius 2 is 1.29 bits per heavy atom. The first kappa shape index (κ1) is 24.2. The average molecular weight is 513 g/mol. The van der Waals surface area contributed by atoms with E-state index in [0.717, 1.165) is 51.3 Å². The summed E-state index contributed by atoms with van der Waals surface area (Å²) in [6.07, 6.45) is 3.98. The molecular formula is C34H28N2OS. The van der Waals surface area contributed by atoms with E-state index >= 15 is 0 Å². The second-order valence-corrected chi connectivity index (χ2v) is 10.4. The van der Waals surface area contributed by atoms with Gasteiger partial charge in [0.05, 0.1) is 16.3 Å². The fourth-order valence-electron chi connectivity index (χ4n) is 4.91. The van der Waals surface area contributed by atoms with Crippen LogP contribution >= 0.6 is 11.8 Å². The second-order valence-electron chi connectivity index (χ2n) is 9.42. The Morgan fingerprint density at radius 1 is 0.737 bits per heavy atom. The van der Waals surface area contributed by atoms with Gasteiger partial charge in [0.2, 0.25) is 0 Å². The molecule has 0 atom stereocenters. The molecule has 1 fully saturated rings. The topological polar surface area (TPSA) is 32.7 Å². The van der Waals surface area contributed by atoms with Crippen LogP contribution in [0.4, 0.5) is 11.4 Å². The second kappa shape index (κ2) is 10.3. The molecular weight excluding hydrogens is 484 g/mol. The van der Waals surface area contributed by atoms with E-state index in [-0.39, 0.29) is 5.91 Å². The van der Waals surface area contributed by atoms with Crippen molar-refractivity contribution in [1.82, 2.24) is 0 Å². The molecule has 0 bridgehead atoms. The molecule has 0 aliphatic carbocycles. The van der Waals surface area contributed by atoms with E-state index in [1.54, 1.807) is 4.90 Å². The Balaban J connectivity index is 1.50. The average Bonchev–Trinajstić information content (AvgIpc) is 3.27. The number of nitrogens with zero attached hydrogens (tertiary/aromatic N) is 2. The zero-order chi connectivity index (χ0) is 26.1. The number of thioether (sulfide) groups is 1. The minimum Gasteiger partial charge on any atom is -0.268 e. The molecule has 38 heavy (non-hydrogen) atoms. The first-order valence-corrected chi connectivity index (χ1v) is 13.9. The monoisotopic (exact) mass is 512 g/mol. The Hall–Kier alpha value is -4.15. The first-order chi connectivity index (χ1) is 18.6. The van der Waals surface area contributed by atoms with Crippen molar-refractivity contribution >= 4 is 61.8 Å². The van der Waals surface area contributed by atoms with E-state index in [1.807, 2.05) is 30.3 Å². The molecule has 4 heteroatoms. The predicted molar refractivity (Wildman–Crippen MR) is 163 cm³/mol. The number of amidine groups is 1. The predicted octanol–water partition coefficient (Wildman–Crippen LogP) is 8.93. The molecule has 0 N–H and O–H groups in total. The lowest BCUT2D eigenvalue weighted by Crippen LogP contribution is -2.28. The number of hydrogen-bond donors (Lipinski definition) is 0. The number of carbonyl (C=O) groups is 1. The van der Waals surface area contributed by atoms with Crippen LogP contribution in [-0.4, -0.2) is 11.1 Å². The standard InChI is InChI=1S/C34H28N2OS/c1-3-23-13-17-27(18-14-23)35-34-36(28-19-15-24(4-2)16-20-28)33(37)32(38-34)22-31-29-11-7-5-9-25(29)21-26-10-6-8-12-30(26)31/h5-22H,3-4H2,1-2H3/b32-22-,35-34?. The van der Waals surface area contributed by atoms with Crippen molar-refractivity contribution < 1.29 is 4.79 Å². The summed E-state index contributed by atoms with van der Waals surface area (Å²) in [5.74, 6) is -0.0554. The zero-order valence-electron chi connectivity index (χ0n) is 21.5. The maximum atomic E-state index is 14.0. The third-order valence-electron chi connectivity index (χ3n) is 7.07. The Labute approximate surface area is 227 Å². The molecule has 0 unspecified atom stereocenters. The van der Waals surface area contributed by atoms with Gasteiger partial charge in [-0.15, -0.1) is 0 Å². The molecule has 0 radical (unpaired) electrons. The maximum Gasteiger partial charge on any atom is 0.271 e. The van der Waals surface area contributed by atoms with Crippen LogP contribution in [0, 0.1) is 0 Å². The molecule has 1 amide bonds. The highest BCUT2D eigenvalue weighted by molar-refractivity contribution is 8.19. The van der Waals surface area contributed by atoms with E-state index < -0.39 is 0 Å². The highest BCUT2D eigenvalue weighted by Gasteiger charge is 2.35. The number of aryl methyl sites for hydroxylation is 2. The summed E-state index contributed by atoms with van der Waals surface area (Å²) >= 11 is 1.44. The number of fused-ring (bicyclic) bond motifs is 2. The molecule has 6 rings (SSSR count). The summed E-state index contributed by atoms with van der Waals surface area (Å²) in [5, 5.41) is 5.24. The summed E-state index contributed by atoms with van der Waals surface area (Å²) in [6, 6.07) is 35.4. The quantitative estimate of drug-likeness (QED) is 0.174. The van der Waals surface area contributed by atoms with Crippen molar-refractivity contribution in [2.45, 2.75) is 26.7 Å². The SMILES string of the molecule is CCc1ccc(N=C2S/C(=C\c3c4ccccc4cc4ccccc34)C(=O)N2c2ccc(CC)cc2)cc1. The van der Waals surface area contributed by atoms with Crippen molar-refractivity contribution in [2.75, 3.05) is 4.90 Å². The molecule has 1 heterocycles. The number of anilines is 1. The van der Waals surface area contributed by atoms with Crippen LogP contribution in [0.1, 0.15) is 30.5 Å². The zero-order valence-corrected chi connectivity index (χ0v) is 22.3. The summed E-state index contributed by atoms with van der Waals surface area (Å²) in [4.78, 5) is 21.3. The summed E-state index contributed by atoms with van der Waals surface area (Å²) < 4.78 is 0. The Morgan fingerprint density at radius 3 is 1.87 bits per heavy atom. The third-order valence-corrected chi connectivity index (χ3v) is 8.04. The van der Waals surface area contributed by atoms with Crippen LogP contribution in [0.2, 0.25) is 0 Å². The first-order valence-electron chi connectivity index (χ1n) is 13.1. The molecule has 1 aliphatic rings. The number of carbonyl (C=O) groups excluding carboxylic acids is 1. The molecule has 5 aromatic rings. The van der Waals surface area contributed by atoms with Crippen LogP contribution in [0.5, 0.6) is 0 Å². The van der Waals surface area contributed by atoms with Crippen LogP contribution in [0.25, 0.3) is 27.6 Å². The van der Waals surface area contributed by atoms with E-state index in [9.17, 15) is 4.79 Å². The van der Waals surface area contributed by atoms with Gasteiger partial charge in [-0.25, -0.2) is 4.99 Å². The number of rotatable bonds is 5. The maximum absolute atomic E-state index is 14.0. The van der Waals surface area contributed by atoms with Gasteiger partial charge in [0.25, 0.3) is 5.91 Å². The van der Waals surface area contributed by atoms with Gasteiger partial charge in [0.1, 0.15) is 0 Å². The lowest BCUT2D eigenvalue weighted by molar-refractivity contribution is -0.113. The number of benzene rings is 5. The minimum absolute atomic E-state index is 0.0554. The molecule has 1 saturated heterocycles. The van der Waals surface area contributed by atoms with Crippen molar-refractivity contribution in [3.05, 3.63) is 125 Å². The normalized spacial score (nSPS) is 15.8. The summed E-state index contributed by atoms with van der Waals surface area (Å²) in [7, 11) is 0. The van der Waals surface area contributed by atoms with Crippen LogP contribution < -0.4 is 4.90 Å². The van der Waals surface area contributed by atoms with Gasteiger partial charge in [-0.3, -0.25) is 9.69 Å². The Bertz CT molecular complexity index is 1660. The van der Waals surface area contributed by atoms with E-state index in [0.29, 0.717) is 10.1 Å². The lowest BCUT2D eigenvalue weighted by atomic mass is 9.96.